The Morgan fingerprint density at radius 1 is 1.21 bits per heavy atom. The molecule has 0 radical (unpaired) electrons. The average Bonchev–Trinajstić information content (AvgIpc) is 3.34. The van der Waals surface area contributed by atoms with Crippen LogP contribution in [0.15, 0.2) is 47.4 Å². The molecular weight excluding hydrogens is 308 g/mol. The van der Waals surface area contributed by atoms with Gasteiger partial charge in [0.2, 0.25) is 5.91 Å². The molecule has 1 aromatic carbocycles. The van der Waals surface area contributed by atoms with Gasteiger partial charge in [-0.25, -0.2) is 0 Å². The van der Waals surface area contributed by atoms with Gasteiger partial charge in [0, 0.05) is 6.20 Å². The van der Waals surface area contributed by atoms with Crippen LogP contribution in [0.2, 0.25) is 0 Å². The fraction of sp³-hybridized carbons (Fsp3) is 0.278. The first-order valence-corrected chi connectivity index (χ1v) is 7.74. The molecule has 0 saturated heterocycles. The third-order valence-electron chi connectivity index (χ3n) is 4.20. The molecule has 2 atom stereocenters. The molecule has 2 aromatic rings. The van der Waals surface area contributed by atoms with E-state index in [-0.39, 0.29) is 11.2 Å². The summed E-state index contributed by atoms with van der Waals surface area (Å²) in [5.41, 5.74) is 1.99. The maximum Gasteiger partial charge on any atom is 0.307 e. The van der Waals surface area contributed by atoms with Gasteiger partial charge in [-0.1, -0.05) is 29.8 Å². The summed E-state index contributed by atoms with van der Waals surface area (Å²) in [5, 5.41) is 11.4. The number of amides is 1. The molecular formula is C18H18N2O4. The van der Waals surface area contributed by atoms with Gasteiger partial charge < -0.3 is 15.0 Å². The number of pyridine rings is 1. The lowest BCUT2D eigenvalue weighted by molar-refractivity contribution is -0.139. The molecule has 1 aliphatic carbocycles. The summed E-state index contributed by atoms with van der Waals surface area (Å²) in [6, 6.07) is 11.1. The number of rotatable bonds is 5. The van der Waals surface area contributed by atoms with E-state index in [0.717, 1.165) is 11.1 Å². The van der Waals surface area contributed by atoms with Gasteiger partial charge in [0.05, 0.1) is 18.4 Å². The standard InChI is InChI=1S/C18H18N2O4/c1-11-4-6-12(7-5-11)10-20-8-2-3-15(17(20)22)19-16(21)13-9-14(13)18(23)24/h2-8,13-14H,9-10H2,1H3,(H,19,21)(H,23,24)/t13-,14-/m0/s1. The summed E-state index contributed by atoms with van der Waals surface area (Å²) >= 11 is 0. The lowest BCUT2D eigenvalue weighted by Crippen LogP contribution is -2.27. The minimum atomic E-state index is -0.972. The van der Waals surface area contributed by atoms with Gasteiger partial charge in [-0.05, 0) is 31.0 Å². The number of aromatic nitrogens is 1. The zero-order valence-corrected chi connectivity index (χ0v) is 13.2. The molecule has 0 aliphatic heterocycles. The molecule has 0 unspecified atom stereocenters. The molecule has 0 spiro atoms. The zero-order valence-electron chi connectivity index (χ0n) is 13.2. The largest absolute Gasteiger partial charge is 0.481 e. The van der Waals surface area contributed by atoms with Crippen LogP contribution in [0.5, 0.6) is 0 Å². The van der Waals surface area contributed by atoms with Crippen molar-refractivity contribution in [3.8, 4) is 0 Å². The third kappa shape index (κ3) is 3.37. The summed E-state index contributed by atoms with van der Waals surface area (Å²) in [6.45, 7) is 2.40. The Bertz CT molecular complexity index is 839. The van der Waals surface area contributed by atoms with Gasteiger partial charge in [-0.15, -0.1) is 0 Å². The third-order valence-corrected chi connectivity index (χ3v) is 4.20. The van der Waals surface area contributed by atoms with Crippen LogP contribution in [0.3, 0.4) is 0 Å². The number of carboxylic acid groups (broad SMARTS) is 1. The molecule has 1 fully saturated rings. The van der Waals surface area contributed by atoms with Crippen LogP contribution in [0.1, 0.15) is 17.5 Å². The minimum absolute atomic E-state index is 0.172. The molecule has 3 rings (SSSR count). The highest BCUT2D eigenvalue weighted by molar-refractivity contribution is 5.98. The fourth-order valence-corrected chi connectivity index (χ4v) is 2.63. The lowest BCUT2D eigenvalue weighted by atomic mass is 10.1. The maximum atomic E-state index is 12.5. The summed E-state index contributed by atoms with van der Waals surface area (Å²) < 4.78 is 1.52. The first-order valence-electron chi connectivity index (χ1n) is 7.74. The summed E-state index contributed by atoms with van der Waals surface area (Å²) in [5.74, 6) is -2.57. The van der Waals surface area contributed by atoms with Gasteiger partial charge in [-0.2, -0.15) is 0 Å². The Hall–Kier alpha value is -2.89. The van der Waals surface area contributed by atoms with E-state index in [4.69, 9.17) is 5.11 Å². The van der Waals surface area contributed by atoms with E-state index in [2.05, 4.69) is 5.32 Å². The highest BCUT2D eigenvalue weighted by atomic mass is 16.4. The molecule has 1 amide bonds. The predicted octanol–water partition coefficient (Wildman–Crippen LogP) is 1.86. The molecule has 6 heteroatoms. The molecule has 0 bridgehead atoms. The number of hydrogen-bond acceptors (Lipinski definition) is 3. The zero-order chi connectivity index (χ0) is 17.3. The van der Waals surface area contributed by atoms with Gasteiger partial charge in [0.25, 0.3) is 5.56 Å². The summed E-state index contributed by atoms with van der Waals surface area (Å²) in [6.07, 6.45) is 1.99. The van der Waals surface area contributed by atoms with Crippen molar-refractivity contribution in [2.45, 2.75) is 19.9 Å². The van der Waals surface area contributed by atoms with E-state index in [0.29, 0.717) is 13.0 Å². The second kappa shape index (κ2) is 6.31. The van der Waals surface area contributed by atoms with Gasteiger partial charge in [-0.3, -0.25) is 14.4 Å². The topological polar surface area (TPSA) is 88.4 Å². The number of carbonyl (C=O) groups is 2. The number of nitrogens with zero attached hydrogens (tertiary/aromatic N) is 1. The SMILES string of the molecule is Cc1ccc(Cn2cccc(NC(=O)[C@H]3C[C@@H]3C(=O)O)c2=O)cc1. The highest BCUT2D eigenvalue weighted by Crippen LogP contribution is 2.39. The second-order valence-corrected chi connectivity index (χ2v) is 6.12. The summed E-state index contributed by atoms with van der Waals surface area (Å²) in [7, 11) is 0. The van der Waals surface area contributed by atoms with Crippen molar-refractivity contribution in [1.82, 2.24) is 4.57 Å². The number of benzene rings is 1. The fourth-order valence-electron chi connectivity index (χ4n) is 2.63. The monoisotopic (exact) mass is 326 g/mol. The van der Waals surface area contributed by atoms with Crippen LogP contribution in [0.4, 0.5) is 5.69 Å². The quantitative estimate of drug-likeness (QED) is 0.878. The normalized spacial score (nSPS) is 18.9. The molecule has 1 aromatic heterocycles. The number of carbonyl (C=O) groups excluding carboxylic acids is 1. The van der Waals surface area contributed by atoms with Crippen LogP contribution in [-0.2, 0) is 16.1 Å². The van der Waals surface area contributed by atoms with E-state index in [1.165, 1.54) is 10.6 Å². The van der Waals surface area contributed by atoms with Gasteiger partial charge in [0.1, 0.15) is 5.69 Å². The molecule has 24 heavy (non-hydrogen) atoms. The number of hydrogen-bond donors (Lipinski definition) is 2. The molecule has 1 aliphatic rings. The van der Waals surface area contributed by atoms with Crippen LogP contribution in [0.25, 0.3) is 0 Å². The molecule has 1 heterocycles. The van der Waals surface area contributed by atoms with E-state index in [1.807, 2.05) is 31.2 Å². The Labute approximate surface area is 138 Å². The smallest absolute Gasteiger partial charge is 0.307 e. The highest BCUT2D eigenvalue weighted by Gasteiger charge is 2.48. The van der Waals surface area contributed by atoms with E-state index >= 15 is 0 Å². The van der Waals surface area contributed by atoms with Crippen molar-refractivity contribution in [2.24, 2.45) is 11.8 Å². The number of aliphatic carboxylic acids is 1. The van der Waals surface area contributed by atoms with Crippen molar-refractivity contribution >= 4 is 17.6 Å². The van der Waals surface area contributed by atoms with Gasteiger partial charge >= 0.3 is 5.97 Å². The Balaban J connectivity index is 1.74. The van der Waals surface area contributed by atoms with Crippen molar-refractivity contribution in [1.29, 1.82) is 0 Å². The first-order chi connectivity index (χ1) is 11.5. The van der Waals surface area contributed by atoms with Crippen molar-refractivity contribution in [3.05, 3.63) is 64.1 Å². The summed E-state index contributed by atoms with van der Waals surface area (Å²) in [4.78, 5) is 35.3. The number of aryl methyl sites for hydroxylation is 1. The Morgan fingerprint density at radius 3 is 2.54 bits per heavy atom. The van der Waals surface area contributed by atoms with E-state index in [1.54, 1.807) is 12.3 Å². The number of nitrogens with one attached hydrogen (secondary N) is 1. The second-order valence-electron chi connectivity index (χ2n) is 6.12. The molecule has 1 saturated carbocycles. The van der Waals surface area contributed by atoms with Crippen molar-refractivity contribution in [2.75, 3.05) is 5.32 Å². The minimum Gasteiger partial charge on any atom is -0.481 e. The van der Waals surface area contributed by atoms with E-state index in [9.17, 15) is 14.4 Å². The average molecular weight is 326 g/mol. The maximum absolute atomic E-state index is 12.5. The van der Waals surface area contributed by atoms with Crippen molar-refractivity contribution < 1.29 is 14.7 Å². The Morgan fingerprint density at radius 2 is 1.92 bits per heavy atom. The lowest BCUT2D eigenvalue weighted by Gasteiger charge is -2.09. The predicted molar refractivity (Wildman–Crippen MR) is 88.8 cm³/mol. The molecule has 124 valence electrons. The van der Waals surface area contributed by atoms with Crippen LogP contribution in [0, 0.1) is 18.8 Å². The number of anilines is 1. The molecule has 6 nitrogen and oxygen atoms in total. The van der Waals surface area contributed by atoms with Crippen LogP contribution >= 0.6 is 0 Å². The number of carboxylic acids is 1. The molecule has 2 N–H and O–H groups in total. The van der Waals surface area contributed by atoms with E-state index < -0.39 is 23.7 Å². The van der Waals surface area contributed by atoms with Crippen LogP contribution < -0.4 is 10.9 Å². The van der Waals surface area contributed by atoms with Crippen molar-refractivity contribution in [3.63, 3.8) is 0 Å². The van der Waals surface area contributed by atoms with Crippen LogP contribution in [-0.4, -0.2) is 21.6 Å². The first kappa shape index (κ1) is 16.0. The Kier molecular flexibility index (Phi) is 4.20. The van der Waals surface area contributed by atoms with Gasteiger partial charge in [0.15, 0.2) is 0 Å².